The van der Waals surface area contributed by atoms with Crippen LogP contribution in [0.5, 0.6) is 5.75 Å². The number of rotatable bonds is 11. The summed E-state index contributed by atoms with van der Waals surface area (Å²) in [6.07, 6.45) is 0. The quantitative estimate of drug-likeness (QED) is 0.453. The molecule has 0 heterocycles. The molecule has 0 atom stereocenters. The summed E-state index contributed by atoms with van der Waals surface area (Å²) in [6.45, 7) is 6.84. The van der Waals surface area contributed by atoms with Crippen molar-refractivity contribution in [2.75, 3.05) is 33.5 Å². The number of carbonyl (C=O) groups is 1. The Balaban J connectivity index is 2.16. The summed E-state index contributed by atoms with van der Waals surface area (Å²) in [5, 5.41) is 0. The second kappa shape index (κ2) is 10.6. The fraction of sp³-hybridized carbons (Fsp3) is 0.381. The van der Waals surface area contributed by atoms with Gasteiger partial charge in [0.25, 0.3) is 6.47 Å². The normalized spacial score (nSPS) is 10.6. The number of carbonyl (C=O) groups excluding carboxylic acids is 1. The third-order valence-electron chi connectivity index (χ3n) is 3.92. The molecule has 0 unspecified atom stereocenters. The molecule has 0 bridgehead atoms. The molecule has 0 aliphatic carbocycles. The van der Waals surface area contributed by atoms with Gasteiger partial charge in [-0.3, -0.25) is 4.79 Å². The number of benzene rings is 2. The summed E-state index contributed by atoms with van der Waals surface area (Å²) in [5.74, 6) is 0.725. The Morgan fingerprint density at radius 1 is 0.962 bits per heavy atom. The molecule has 0 saturated carbocycles. The van der Waals surface area contributed by atoms with Crippen LogP contribution in [0.4, 0.5) is 0 Å². The molecular formula is C21H26O5. The monoisotopic (exact) mass is 358 g/mol. The lowest BCUT2D eigenvalue weighted by Gasteiger charge is -2.13. The number of aryl methyl sites for hydroxylation is 2. The van der Waals surface area contributed by atoms with Gasteiger partial charge in [0.2, 0.25) is 0 Å². The fourth-order valence-corrected chi connectivity index (χ4v) is 2.62. The molecule has 0 N–H and O–H groups in total. The average molecular weight is 358 g/mol. The van der Waals surface area contributed by atoms with Gasteiger partial charge in [0.15, 0.2) is 0 Å². The predicted octanol–water partition coefficient (Wildman–Crippen LogP) is 3.69. The van der Waals surface area contributed by atoms with Crippen LogP contribution < -0.4 is 4.74 Å². The van der Waals surface area contributed by atoms with Gasteiger partial charge in [0, 0.05) is 7.11 Å². The van der Waals surface area contributed by atoms with Crippen LogP contribution >= 0.6 is 0 Å². The third kappa shape index (κ3) is 6.17. The molecule has 0 spiro atoms. The third-order valence-corrected chi connectivity index (χ3v) is 3.92. The zero-order valence-corrected chi connectivity index (χ0v) is 15.6. The molecule has 0 fully saturated rings. The first-order chi connectivity index (χ1) is 12.6. The lowest BCUT2D eigenvalue weighted by molar-refractivity contribution is -0.129. The molecule has 0 aromatic heterocycles. The Labute approximate surface area is 154 Å². The topological polar surface area (TPSA) is 54.0 Å². The molecule has 0 aliphatic rings. The van der Waals surface area contributed by atoms with E-state index < -0.39 is 0 Å². The van der Waals surface area contributed by atoms with E-state index in [0.29, 0.717) is 32.9 Å². The summed E-state index contributed by atoms with van der Waals surface area (Å²) in [4.78, 5) is 10.5. The summed E-state index contributed by atoms with van der Waals surface area (Å²) in [6, 6.07) is 12.2. The zero-order chi connectivity index (χ0) is 18.8. The van der Waals surface area contributed by atoms with E-state index in [9.17, 15) is 4.79 Å². The van der Waals surface area contributed by atoms with Crippen molar-refractivity contribution >= 4 is 6.47 Å². The summed E-state index contributed by atoms with van der Waals surface area (Å²) < 4.78 is 21.1. The standard InChI is InChI=1S/C21H26O5/c1-16-4-5-17(2)21(10-16)19-11-18(14-25-15-22)12-20(13-19)26-9-8-24-7-6-23-3/h4-5,10-13,15H,6-9,14H2,1-3H3. The van der Waals surface area contributed by atoms with Gasteiger partial charge < -0.3 is 18.9 Å². The van der Waals surface area contributed by atoms with Crippen molar-refractivity contribution in [2.45, 2.75) is 20.5 Å². The van der Waals surface area contributed by atoms with E-state index in [1.165, 1.54) is 11.1 Å². The number of ether oxygens (including phenoxy) is 4. The minimum Gasteiger partial charge on any atom is -0.491 e. The Morgan fingerprint density at radius 3 is 2.54 bits per heavy atom. The minimum absolute atomic E-state index is 0.211. The van der Waals surface area contributed by atoms with Crippen molar-refractivity contribution < 1.29 is 23.7 Å². The first kappa shape index (κ1) is 19.9. The number of hydrogen-bond donors (Lipinski definition) is 0. The van der Waals surface area contributed by atoms with Gasteiger partial charge in [-0.2, -0.15) is 0 Å². The van der Waals surface area contributed by atoms with Gasteiger partial charge in [0.1, 0.15) is 19.0 Å². The molecule has 5 nitrogen and oxygen atoms in total. The molecule has 2 rings (SSSR count). The molecular weight excluding hydrogens is 332 g/mol. The molecule has 0 aliphatic heterocycles. The fourth-order valence-electron chi connectivity index (χ4n) is 2.62. The molecule has 26 heavy (non-hydrogen) atoms. The van der Waals surface area contributed by atoms with Crippen molar-refractivity contribution in [1.82, 2.24) is 0 Å². The van der Waals surface area contributed by atoms with Crippen molar-refractivity contribution in [2.24, 2.45) is 0 Å². The van der Waals surface area contributed by atoms with E-state index in [0.717, 1.165) is 22.4 Å². The Bertz CT molecular complexity index is 712. The lowest BCUT2D eigenvalue weighted by atomic mass is 9.97. The van der Waals surface area contributed by atoms with Crippen LogP contribution in [0.1, 0.15) is 16.7 Å². The van der Waals surface area contributed by atoms with Crippen molar-refractivity contribution in [3.63, 3.8) is 0 Å². The largest absolute Gasteiger partial charge is 0.491 e. The van der Waals surface area contributed by atoms with Crippen LogP contribution in [-0.4, -0.2) is 40.0 Å². The van der Waals surface area contributed by atoms with Crippen molar-refractivity contribution in [1.29, 1.82) is 0 Å². The van der Waals surface area contributed by atoms with Gasteiger partial charge in [-0.05, 0) is 54.3 Å². The summed E-state index contributed by atoms with van der Waals surface area (Å²) in [7, 11) is 1.64. The maximum Gasteiger partial charge on any atom is 0.293 e. The van der Waals surface area contributed by atoms with Gasteiger partial charge >= 0.3 is 0 Å². The molecule has 2 aromatic carbocycles. The SMILES string of the molecule is COCCOCCOc1cc(COC=O)cc(-c2cc(C)ccc2C)c1. The highest BCUT2D eigenvalue weighted by molar-refractivity contribution is 5.70. The number of hydrogen-bond acceptors (Lipinski definition) is 5. The first-order valence-electron chi connectivity index (χ1n) is 8.60. The second-order valence-electron chi connectivity index (χ2n) is 6.04. The second-order valence-corrected chi connectivity index (χ2v) is 6.04. The molecule has 0 saturated heterocycles. The maximum atomic E-state index is 10.5. The van der Waals surface area contributed by atoms with Crippen LogP contribution in [0.15, 0.2) is 36.4 Å². The lowest BCUT2D eigenvalue weighted by Crippen LogP contribution is -2.10. The highest BCUT2D eigenvalue weighted by Crippen LogP contribution is 2.29. The van der Waals surface area contributed by atoms with Crippen LogP contribution in [0.25, 0.3) is 11.1 Å². The molecule has 2 aromatic rings. The highest BCUT2D eigenvalue weighted by Gasteiger charge is 2.08. The Kier molecular flexibility index (Phi) is 8.12. The molecule has 0 amide bonds. The van der Waals surface area contributed by atoms with E-state index >= 15 is 0 Å². The average Bonchev–Trinajstić information content (AvgIpc) is 2.64. The Hall–Kier alpha value is -2.37. The van der Waals surface area contributed by atoms with E-state index in [4.69, 9.17) is 18.9 Å². The van der Waals surface area contributed by atoms with Crippen molar-refractivity contribution in [3.05, 3.63) is 53.1 Å². The van der Waals surface area contributed by atoms with E-state index in [1.54, 1.807) is 7.11 Å². The van der Waals surface area contributed by atoms with Crippen LogP contribution in [0.2, 0.25) is 0 Å². The summed E-state index contributed by atoms with van der Waals surface area (Å²) in [5.41, 5.74) is 5.42. The van der Waals surface area contributed by atoms with Gasteiger partial charge in [-0.1, -0.05) is 23.8 Å². The van der Waals surface area contributed by atoms with E-state index in [2.05, 4.69) is 32.0 Å². The maximum absolute atomic E-state index is 10.5. The highest BCUT2D eigenvalue weighted by atomic mass is 16.5. The van der Waals surface area contributed by atoms with E-state index in [1.807, 2.05) is 18.2 Å². The predicted molar refractivity (Wildman–Crippen MR) is 100 cm³/mol. The minimum atomic E-state index is 0.211. The molecule has 5 heteroatoms. The number of methoxy groups -OCH3 is 1. The summed E-state index contributed by atoms with van der Waals surface area (Å²) >= 11 is 0. The first-order valence-corrected chi connectivity index (χ1v) is 8.60. The van der Waals surface area contributed by atoms with Crippen LogP contribution in [-0.2, 0) is 25.6 Å². The smallest absolute Gasteiger partial charge is 0.293 e. The van der Waals surface area contributed by atoms with Crippen LogP contribution in [0, 0.1) is 13.8 Å². The molecule has 0 radical (unpaired) electrons. The van der Waals surface area contributed by atoms with E-state index in [-0.39, 0.29) is 6.61 Å². The molecule has 140 valence electrons. The Morgan fingerprint density at radius 2 is 1.77 bits per heavy atom. The zero-order valence-electron chi connectivity index (χ0n) is 15.6. The van der Waals surface area contributed by atoms with Crippen molar-refractivity contribution in [3.8, 4) is 16.9 Å². The van der Waals surface area contributed by atoms with Gasteiger partial charge in [-0.15, -0.1) is 0 Å². The van der Waals surface area contributed by atoms with Crippen LogP contribution in [0.3, 0.4) is 0 Å². The van der Waals surface area contributed by atoms with Gasteiger partial charge in [0.05, 0.1) is 19.8 Å². The van der Waals surface area contributed by atoms with Gasteiger partial charge in [-0.25, -0.2) is 0 Å².